The van der Waals surface area contributed by atoms with Crippen LogP contribution >= 0.6 is 0 Å². The number of hydrogen-bond acceptors (Lipinski definition) is 4. The average molecular weight is 387 g/mol. The maximum Gasteiger partial charge on any atom is 0.292 e. The number of fused-ring (bicyclic) bond motifs is 1. The number of benzene rings is 3. The lowest BCUT2D eigenvalue weighted by molar-refractivity contribution is -0.384. The van der Waals surface area contributed by atoms with Crippen molar-refractivity contribution in [3.63, 3.8) is 0 Å². The molecular weight excluding hydrogens is 366 g/mol. The van der Waals surface area contributed by atoms with Gasteiger partial charge in [0, 0.05) is 35.6 Å². The molecule has 0 aliphatic heterocycles. The van der Waals surface area contributed by atoms with Crippen LogP contribution in [-0.4, -0.2) is 23.6 Å². The van der Waals surface area contributed by atoms with Gasteiger partial charge in [0.25, 0.3) is 5.69 Å². The van der Waals surface area contributed by atoms with Crippen molar-refractivity contribution in [2.45, 2.75) is 5.92 Å². The maximum atomic E-state index is 11.4. The summed E-state index contributed by atoms with van der Waals surface area (Å²) in [6.07, 6.45) is 2.01. The van der Waals surface area contributed by atoms with Gasteiger partial charge in [0.15, 0.2) is 0 Å². The normalized spacial score (nSPS) is 11.9. The fourth-order valence-corrected chi connectivity index (χ4v) is 3.62. The molecule has 0 spiro atoms. The molecule has 0 aliphatic carbocycles. The molecule has 3 aromatic carbocycles. The summed E-state index contributed by atoms with van der Waals surface area (Å²) in [6.45, 7) is 0.513. The standard InChI is InChI=1S/C23H21N3O3/c1-29-17-12-10-16(11-13-17)19(20-15-24-21-7-3-2-6-18(20)21)14-25-22-8-4-5-9-23(22)26(27)28/h2-13,15,19,24-25H,14H2,1H3/t19-/m1/s1. The summed E-state index contributed by atoms with van der Waals surface area (Å²) in [7, 11) is 1.64. The van der Waals surface area contributed by atoms with Gasteiger partial charge in [-0.2, -0.15) is 0 Å². The number of hydrogen-bond donors (Lipinski definition) is 2. The number of aromatic nitrogens is 1. The minimum absolute atomic E-state index is 0.00290. The Morgan fingerprint density at radius 3 is 2.52 bits per heavy atom. The first-order chi connectivity index (χ1) is 14.2. The van der Waals surface area contributed by atoms with Gasteiger partial charge in [-0.1, -0.05) is 42.5 Å². The molecule has 146 valence electrons. The van der Waals surface area contributed by atoms with Crippen molar-refractivity contribution >= 4 is 22.3 Å². The van der Waals surface area contributed by atoms with Crippen LogP contribution in [0.25, 0.3) is 10.9 Å². The number of anilines is 1. The Kier molecular flexibility index (Phi) is 5.16. The number of rotatable bonds is 7. The summed E-state index contributed by atoms with van der Waals surface area (Å²) in [4.78, 5) is 14.3. The Balaban J connectivity index is 1.71. The van der Waals surface area contributed by atoms with Crippen LogP contribution in [0.15, 0.2) is 79.0 Å². The molecule has 0 unspecified atom stereocenters. The molecule has 2 N–H and O–H groups in total. The number of ether oxygens (including phenoxy) is 1. The topological polar surface area (TPSA) is 80.2 Å². The lowest BCUT2D eigenvalue weighted by Crippen LogP contribution is -2.14. The maximum absolute atomic E-state index is 11.4. The Hall–Kier alpha value is -3.80. The van der Waals surface area contributed by atoms with E-state index in [1.807, 2.05) is 48.7 Å². The number of H-pyrrole nitrogens is 1. The van der Waals surface area contributed by atoms with Crippen molar-refractivity contribution < 1.29 is 9.66 Å². The van der Waals surface area contributed by atoms with E-state index in [4.69, 9.17) is 4.74 Å². The number of methoxy groups -OCH3 is 1. The fraction of sp³-hybridized carbons (Fsp3) is 0.130. The predicted octanol–water partition coefficient (Wildman–Crippen LogP) is 5.33. The lowest BCUT2D eigenvalue weighted by atomic mass is 9.90. The molecule has 1 atom stereocenters. The van der Waals surface area contributed by atoms with Gasteiger partial charge in [-0.3, -0.25) is 10.1 Å². The minimum Gasteiger partial charge on any atom is -0.497 e. The molecule has 0 saturated heterocycles. The Bertz CT molecular complexity index is 1140. The van der Waals surface area contributed by atoms with Crippen molar-refractivity contribution in [1.82, 2.24) is 4.98 Å². The highest BCUT2D eigenvalue weighted by molar-refractivity contribution is 5.84. The molecule has 0 radical (unpaired) electrons. The third-order valence-electron chi connectivity index (χ3n) is 5.11. The van der Waals surface area contributed by atoms with Crippen molar-refractivity contribution in [3.8, 4) is 5.75 Å². The molecule has 1 heterocycles. The van der Waals surface area contributed by atoms with E-state index in [9.17, 15) is 10.1 Å². The van der Waals surface area contributed by atoms with Crippen molar-refractivity contribution in [1.29, 1.82) is 0 Å². The lowest BCUT2D eigenvalue weighted by Gasteiger charge is -2.19. The number of para-hydroxylation sites is 3. The number of nitro benzene ring substituents is 1. The van der Waals surface area contributed by atoms with E-state index in [1.54, 1.807) is 25.3 Å². The predicted molar refractivity (Wildman–Crippen MR) is 115 cm³/mol. The largest absolute Gasteiger partial charge is 0.497 e. The van der Waals surface area contributed by atoms with Gasteiger partial charge < -0.3 is 15.0 Å². The van der Waals surface area contributed by atoms with E-state index in [1.165, 1.54) is 6.07 Å². The minimum atomic E-state index is -0.365. The molecule has 0 bridgehead atoms. The van der Waals surface area contributed by atoms with Gasteiger partial charge >= 0.3 is 0 Å². The highest BCUT2D eigenvalue weighted by atomic mass is 16.6. The van der Waals surface area contributed by atoms with Crippen molar-refractivity contribution in [2.24, 2.45) is 0 Å². The second-order valence-corrected chi connectivity index (χ2v) is 6.77. The molecular formula is C23H21N3O3. The van der Waals surface area contributed by atoms with Gasteiger partial charge in [-0.05, 0) is 35.4 Å². The molecule has 4 rings (SSSR count). The molecule has 29 heavy (non-hydrogen) atoms. The number of aromatic amines is 1. The highest BCUT2D eigenvalue weighted by Gasteiger charge is 2.20. The van der Waals surface area contributed by atoms with Crippen LogP contribution in [0.5, 0.6) is 5.75 Å². The average Bonchev–Trinajstić information content (AvgIpc) is 3.18. The summed E-state index contributed by atoms with van der Waals surface area (Å²) >= 11 is 0. The summed E-state index contributed by atoms with van der Waals surface area (Å²) < 4.78 is 5.28. The quantitative estimate of drug-likeness (QED) is 0.332. The molecule has 6 nitrogen and oxygen atoms in total. The Morgan fingerprint density at radius 1 is 1.03 bits per heavy atom. The zero-order valence-electron chi connectivity index (χ0n) is 16.0. The first kappa shape index (κ1) is 18.6. The number of nitrogens with zero attached hydrogens (tertiary/aromatic N) is 1. The molecule has 0 saturated carbocycles. The van der Waals surface area contributed by atoms with Gasteiger partial charge in [-0.15, -0.1) is 0 Å². The van der Waals surface area contributed by atoms with Crippen LogP contribution < -0.4 is 10.1 Å². The van der Waals surface area contributed by atoms with Gasteiger partial charge in [0.2, 0.25) is 0 Å². The van der Waals surface area contributed by atoms with E-state index in [2.05, 4.69) is 16.4 Å². The van der Waals surface area contributed by atoms with E-state index >= 15 is 0 Å². The summed E-state index contributed by atoms with van der Waals surface area (Å²) in [5.74, 6) is 0.787. The zero-order chi connectivity index (χ0) is 20.2. The Labute approximate surface area is 168 Å². The van der Waals surface area contributed by atoms with Crippen LogP contribution in [0.3, 0.4) is 0 Å². The van der Waals surface area contributed by atoms with Gasteiger partial charge in [0.1, 0.15) is 11.4 Å². The van der Waals surface area contributed by atoms with Crippen molar-refractivity contribution in [2.75, 3.05) is 19.0 Å². The SMILES string of the molecule is COc1ccc([C@@H](CNc2ccccc2[N+](=O)[O-])c2c[nH]c3ccccc23)cc1. The monoisotopic (exact) mass is 387 g/mol. The highest BCUT2D eigenvalue weighted by Crippen LogP contribution is 2.33. The second-order valence-electron chi connectivity index (χ2n) is 6.77. The third-order valence-corrected chi connectivity index (χ3v) is 5.11. The van der Waals surface area contributed by atoms with E-state index in [0.717, 1.165) is 27.8 Å². The van der Waals surface area contributed by atoms with Crippen LogP contribution in [0.2, 0.25) is 0 Å². The van der Waals surface area contributed by atoms with Crippen molar-refractivity contribution in [3.05, 3.63) is 100 Å². The second kappa shape index (κ2) is 8.06. The van der Waals surface area contributed by atoms with E-state index in [-0.39, 0.29) is 16.5 Å². The molecule has 1 aromatic heterocycles. The number of nitro groups is 1. The zero-order valence-corrected chi connectivity index (χ0v) is 16.0. The first-order valence-electron chi connectivity index (χ1n) is 9.34. The first-order valence-corrected chi connectivity index (χ1v) is 9.34. The third kappa shape index (κ3) is 3.78. The molecule has 0 fully saturated rings. The molecule has 0 amide bonds. The molecule has 6 heteroatoms. The fourth-order valence-electron chi connectivity index (χ4n) is 3.62. The summed E-state index contributed by atoms with van der Waals surface area (Å²) in [5, 5.41) is 15.8. The van der Waals surface area contributed by atoms with Crippen LogP contribution in [0, 0.1) is 10.1 Å². The molecule has 4 aromatic rings. The smallest absolute Gasteiger partial charge is 0.292 e. The van der Waals surface area contributed by atoms with Gasteiger partial charge in [0.05, 0.1) is 12.0 Å². The van der Waals surface area contributed by atoms with Crippen LogP contribution in [0.4, 0.5) is 11.4 Å². The molecule has 0 aliphatic rings. The summed E-state index contributed by atoms with van der Waals surface area (Å²) in [5.41, 5.74) is 3.88. The number of nitrogens with one attached hydrogen (secondary N) is 2. The summed E-state index contributed by atoms with van der Waals surface area (Å²) in [6, 6.07) is 22.8. The van der Waals surface area contributed by atoms with Crippen LogP contribution in [-0.2, 0) is 0 Å². The Morgan fingerprint density at radius 2 is 1.76 bits per heavy atom. The van der Waals surface area contributed by atoms with Gasteiger partial charge in [-0.25, -0.2) is 0 Å². The van der Waals surface area contributed by atoms with E-state index < -0.39 is 0 Å². The van der Waals surface area contributed by atoms with Crippen LogP contribution in [0.1, 0.15) is 17.0 Å². The van der Waals surface area contributed by atoms with E-state index in [0.29, 0.717) is 12.2 Å².